The van der Waals surface area contributed by atoms with Crippen LogP contribution in [0.25, 0.3) is 0 Å². The summed E-state index contributed by atoms with van der Waals surface area (Å²) in [6, 6.07) is 4.79. The predicted molar refractivity (Wildman–Crippen MR) is 73.7 cm³/mol. The molecule has 0 bridgehead atoms. The average Bonchev–Trinajstić information content (AvgIpc) is 2.38. The third kappa shape index (κ3) is 3.09. The summed E-state index contributed by atoms with van der Waals surface area (Å²) in [6.07, 6.45) is 2.37. The van der Waals surface area contributed by atoms with Gasteiger partial charge in [0.1, 0.15) is 0 Å². The highest BCUT2D eigenvalue weighted by Gasteiger charge is 2.22. The van der Waals surface area contributed by atoms with Crippen molar-refractivity contribution in [3.8, 4) is 0 Å². The Bertz CT molecular complexity index is 375. The number of aromatic nitrogens is 1. The van der Waals surface area contributed by atoms with E-state index in [1.54, 1.807) is 0 Å². The molecule has 1 aliphatic heterocycles. The second-order valence-corrected chi connectivity index (χ2v) is 5.52. The molecule has 0 aromatic carbocycles. The zero-order valence-electron chi connectivity index (χ0n) is 11.9. The highest BCUT2D eigenvalue weighted by atomic mass is 16.5. The lowest BCUT2D eigenvalue weighted by atomic mass is 10.0. The van der Waals surface area contributed by atoms with Crippen LogP contribution >= 0.6 is 0 Å². The van der Waals surface area contributed by atoms with E-state index < -0.39 is 0 Å². The Kier molecular flexibility index (Phi) is 4.36. The Morgan fingerprint density at radius 2 is 2.11 bits per heavy atom. The van der Waals surface area contributed by atoms with Crippen molar-refractivity contribution in [1.82, 2.24) is 9.88 Å². The zero-order chi connectivity index (χ0) is 13.1. The van der Waals surface area contributed by atoms with Crippen molar-refractivity contribution >= 4 is 0 Å². The fourth-order valence-corrected chi connectivity index (χ4v) is 2.41. The van der Waals surface area contributed by atoms with Crippen LogP contribution in [0.4, 0.5) is 0 Å². The van der Waals surface area contributed by atoms with Crippen molar-refractivity contribution in [1.29, 1.82) is 0 Å². The quantitative estimate of drug-likeness (QED) is 0.822. The van der Waals surface area contributed by atoms with Crippen molar-refractivity contribution < 1.29 is 4.74 Å². The maximum atomic E-state index is 5.59. The predicted octanol–water partition coefficient (Wildman–Crippen LogP) is 2.99. The Hall–Kier alpha value is -0.930. The van der Waals surface area contributed by atoms with Gasteiger partial charge in [-0.3, -0.25) is 9.88 Å². The minimum Gasteiger partial charge on any atom is -0.376 e. The molecule has 0 spiro atoms. The van der Waals surface area contributed by atoms with Crippen LogP contribution in [0.1, 0.15) is 50.9 Å². The van der Waals surface area contributed by atoms with Gasteiger partial charge in [-0.15, -0.1) is 0 Å². The van der Waals surface area contributed by atoms with Crippen molar-refractivity contribution in [2.24, 2.45) is 0 Å². The van der Waals surface area contributed by atoms with Crippen molar-refractivity contribution in [2.45, 2.75) is 45.8 Å². The fourth-order valence-electron chi connectivity index (χ4n) is 2.41. The van der Waals surface area contributed by atoms with Crippen LogP contribution in [0, 0.1) is 0 Å². The largest absolute Gasteiger partial charge is 0.376 e. The summed E-state index contributed by atoms with van der Waals surface area (Å²) < 4.78 is 5.59. The number of pyridine rings is 1. The van der Waals surface area contributed by atoms with E-state index in [-0.39, 0.29) is 0 Å². The third-order valence-corrected chi connectivity index (χ3v) is 3.70. The number of morpholine rings is 1. The molecule has 1 saturated heterocycles. The molecular formula is C15H24N2O. The van der Waals surface area contributed by atoms with Crippen LogP contribution in [0.15, 0.2) is 18.3 Å². The van der Waals surface area contributed by atoms with Gasteiger partial charge in [-0.1, -0.05) is 19.9 Å². The van der Waals surface area contributed by atoms with E-state index in [2.05, 4.69) is 49.7 Å². The van der Waals surface area contributed by atoms with E-state index in [9.17, 15) is 0 Å². The van der Waals surface area contributed by atoms with E-state index in [0.29, 0.717) is 18.1 Å². The molecule has 0 N–H and O–H groups in total. The molecule has 100 valence electrons. The first-order valence-corrected chi connectivity index (χ1v) is 6.89. The molecule has 1 aliphatic rings. The molecule has 2 atom stereocenters. The topological polar surface area (TPSA) is 25.4 Å². The molecular weight excluding hydrogens is 224 g/mol. The molecule has 0 aliphatic carbocycles. The molecule has 0 amide bonds. The first-order valence-electron chi connectivity index (χ1n) is 6.89. The van der Waals surface area contributed by atoms with E-state index in [1.165, 1.54) is 11.3 Å². The molecule has 1 fully saturated rings. The Morgan fingerprint density at radius 1 is 1.33 bits per heavy atom. The van der Waals surface area contributed by atoms with Gasteiger partial charge < -0.3 is 4.74 Å². The molecule has 2 rings (SSSR count). The van der Waals surface area contributed by atoms with Gasteiger partial charge in [0.25, 0.3) is 0 Å². The first kappa shape index (κ1) is 13.5. The highest BCUT2D eigenvalue weighted by Crippen LogP contribution is 2.23. The summed E-state index contributed by atoms with van der Waals surface area (Å²) in [5.74, 6) is 0.498. The number of hydrogen-bond acceptors (Lipinski definition) is 3. The lowest BCUT2D eigenvalue weighted by Crippen LogP contribution is -2.42. The lowest BCUT2D eigenvalue weighted by Gasteiger charge is -2.35. The summed E-state index contributed by atoms with van der Waals surface area (Å²) in [5.41, 5.74) is 2.47. The summed E-state index contributed by atoms with van der Waals surface area (Å²) in [6.45, 7) is 11.6. The number of hydrogen-bond donors (Lipinski definition) is 0. The minimum atomic E-state index is 0.337. The maximum Gasteiger partial charge on any atom is 0.0674 e. The van der Waals surface area contributed by atoms with Crippen LogP contribution in [0.5, 0.6) is 0 Å². The van der Waals surface area contributed by atoms with Gasteiger partial charge in [0.05, 0.1) is 12.7 Å². The molecule has 0 saturated carbocycles. The van der Waals surface area contributed by atoms with Crippen molar-refractivity contribution in [3.05, 3.63) is 29.6 Å². The Labute approximate surface area is 110 Å². The third-order valence-electron chi connectivity index (χ3n) is 3.70. The molecule has 3 nitrogen and oxygen atoms in total. The molecule has 3 heteroatoms. The average molecular weight is 248 g/mol. The lowest BCUT2D eigenvalue weighted by molar-refractivity contribution is -0.0320. The second-order valence-electron chi connectivity index (χ2n) is 5.52. The summed E-state index contributed by atoms with van der Waals surface area (Å²) >= 11 is 0. The second kappa shape index (κ2) is 5.81. The minimum absolute atomic E-state index is 0.337. The van der Waals surface area contributed by atoms with Crippen LogP contribution in [0.2, 0.25) is 0 Å². The number of rotatable bonds is 3. The smallest absolute Gasteiger partial charge is 0.0674 e. The van der Waals surface area contributed by atoms with Gasteiger partial charge in [-0.05, 0) is 31.4 Å². The molecule has 2 heterocycles. The van der Waals surface area contributed by atoms with E-state index >= 15 is 0 Å². The van der Waals surface area contributed by atoms with Crippen molar-refractivity contribution in [2.75, 3.05) is 19.7 Å². The first-order chi connectivity index (χ1) is 8.58. The highest BCUT2D eigenvalue weighted by molar-refractivity contribution is 5.19. The summed E-state index contributed by atoms with van der Waals surface area (Å²) in [5, 5.41) is 0. The van der Waals surface area contributed by atoms with Gasteiger partial charge in [0.15, 0.2) is 0 Å². The summed E-state index contributed by atoms with van der Waals surface area (Å²) in [7, 11) is 0. The van der Waals surface area contributed by atoms with Gasteiger partial charge in [-0.2, -0.15) is 0 Å². The van der Waals surface area contributed by atoms with Crippen LogP contribution in [-0.4, -0.2) is 35.7 Å². The van der Waals surface area contributed by atoms with Crippen LogP contribution < -0.4 is 0 Å². The standard InChI is InChI=1S/C15H24N2O/c1-11(2)15-6-5-14(9-16-15)13(4)17-7-8-18-12(3)10-17/h5-6,9,11-13H,7-8,10H2,1-4H3/t12-,13+/m0/s1. The van der Waals surface area contributed by atoms with E-state index in [0.717, 1.165) is 19.7 Å². The van der Waals surface area contributed by atoms with Crippen molar-refractivity contribution in [3.63, 3.8) is 0 Å². The zero-order valence-corrected chi connectivity index (χ0v) is 11.9. The van der Waals surface area contributed by atoms with E-state index in [1.807, 2.05) is 6.20 Å². The van der Waals surface area contributed by atoms with Crippen LogP contribution in [0.3, 0.4) is 0 Å². The van der Waals surface area contributed by atoms with Gasteiger partial charge in [0, 0.05) is 31.0 Å². The fraction of sp³-hybridized carbons (Fsp3) is 0.667. The number of nitrogens with zero attached hydrogens (tertiary/aromatic N) is 2. The van der Waals surface area contributed by atoms with Crippen LogP contribution in [-0.2, 0) is 4.74 Å². The molecule has 1 aromatic rings. The Balaban J connectivity index is 2.05. The maximum absolute atomic E-state index is 5.59. The SMILES string of the molecule is CC(C)c1ccc([C@@H](C)N2CCO[C@@H](C)C2)cn1. The van der Waals surface area contributed by atoms with Gasteiger partial charge in [0.2, 0.25) is 0 Å². The number of ether oxygens (including phenoxy) is 1. The molecule has 1 aromatic heterocycles. The monoisotopic (exact) mass is 248 g/mol. The molecule has 18 heavy (non-hydrogen) atoms. The van der Waals surface area contributed by atoms with Gasteiger partial charge >= 0.3 is 0 Å². The molecule has 0 unspecified atom stereocenters. The van der Waals surface area contributed by atoms with E-state index in [4.69, 9.17) is 4.74 Å². The molecule has 0 radical (unpaired) electrons. The summed E-state index contributed by atoms with van der Waals surface area (Å²) in [4.78, 5) is 7.03. The normalized spacial score (nSPS) is 23.3. The Morgan fingerprint density at radius 3 is 2.67 bits per heavy atom. The van der Waals surface area contributed by atoms with Gasteiger partial charge in [-0.25, -0.2) is 0 Å².